The van der Waals surface area contributed by atoms with Crippen molar-refractivity contribution in [1.82, 2.24) is 14.4 Å². The number of para-hydroxylation sites is 1. The van der Waals surface area contributed by atoms with Crippen molar-refractivity contribution in [3.63, 3.8) is 0 Å². The number of ether oxygens (including phenoxy) is 3. The van der Waals surface area contributed by atoms with Gasteiger partial charge >= 0.3 is 0 Å². The molecule has 0 spiro atoms. The fraction of sp³-hybridized carbons (Fsp3) is 0.238. The van der Waals surface area contributed by atoms with Crippen LogP contribution >= 0.6 is 0 Å². The van der Waals surface area contributed by atoms with Gasteiger partial charge in [0.1, 0.15) is 28.4 Å². The van der Waals surface area contributed by atoms with Gasteiger partial charge in [-0.15, -0.1) is 0 Å². The first-order chi connectivity index (χ1) is 14.2. The van der Waals surface area contributed by atoms with Crippen molar-refractivity contribution in [2.24, 2.45) is 0 Å². The number of benzene rings is 2. The summed E-state index contributed by atoms with van der Waals surface area (Å²) < 4.78 is 18.1. The summed E-state index contributed by atoms with van der Waals surface area (Å²) in [5, 5.41) is 13.8. The van der Waals surface area contributed by atoms with E-state index in [0.29, 0.717) is 40.8 Å². The molecule has 8 nitrogen and oxygen atoms in total. The van der Waals surface area contributed by atoms with Gasteiger partial charge in [-0.3, -0.25) is 4.40 Å². The summed E-state index contributed by atoms with van der Waals surface area (Å²) in [7, 11) is 4.85. The maximum atomic E-state index is 9.56. The Balaban J connectivity index is 1.79. The Bertz CT molecular complexity index is 1170. The number of aliphatic hydroxyl groups excluding tert-OH is 1. The highest BCUT2D eigenvalue weighted by Gasteiger charge is 2.15. The Morgan fingerprint density at radius 2 is 1.83 bits per heavy atom. The lowest BCUT2D eigenvalue weighted by atomic mass is 10.2. The van der Waals surface area contributed by atoms with E-state index in [2.05, 4.69) is 10.3 Å². The van der Waals surface area contributed by atoms with Crippen molar-refractivity contribution in [3.05, 3.63) is 53.9 Å². The van der Waals surface area contributed by atoms with E-state index >= 15 is 0 Å². The van der Waals surface area contributed by atoms with Crippen molar-refractivity contribution in [2.75, 3.05) is 26.6 Å². The predicted octanol–water partition coefficient (Wildman–Crippen LogP) is 3.01. The number of aromatic nitrogens is 3. The molecule has 2 N–H and O–H groups in total. The zero-order valence-electron chi connectivity index (χ0n) is 16.5. The standard InChI is InChI=1S/C21H22N4O4/c1-27-15-8-7-13(18(9-15)29-3)10-22-21-24-19-16(5-4-6-17(19)28-2)20-23-14(12-26)11-25(20)21/h4-9,11,26H,10,12H2,1-3H3,(H,22,24). The molecule has 29 heavy (non-hydrogen) atoms. The zero-order chi connectivity index (χ0) is 20.4. The summed E-state index contributed by atoms with van der Waals surface area (Å²) in [6, 6.07) is 11.3. The third kappa shape index (κ3) is 3.38. The second kappa shape index (κ2) is 7.84. The molecule has 0 unspecified atom stereocenters. The molecule has 0 saturated carbocycles. The Morgan fingerprint density at radius 3 is 2.55 bits per heavy atom. The molecule has 8 heteroatoms. The lowest BCUT2D eigenvalue weighted by Gasteiger charge is -2.14. The van der Waals surface area contributed by atoms with Crippen molar-refractivity contribution in [3.8, 4) is 17.2 Å². The van der Waals surface area contributed by atoms with Crippen LogP contribution in [0.2, 0.25) is 0 Å². The molecule has 0 aliphatic rings. The molecule has 0 bridgehead atoms. The first kappa shape index (κ1) is 18.8. The Kier molecular flexibility index (Phi) is 5.09. The van der Waals surface area contributed by atoms with E-state index in [0.717, 1.165) is 16.7 Å². The third-order valence-electron chi connectivity index (χ3n) is 4.75. The van der Waals surface area contributed by atoms with Crippen LogP contribution in [-0.2, 0) is 13.2 Å². The van der Waals surface area contributed by atoms with Gasteiger partial charge in [0.05, 0.1) is 33.6 Å². The van der Waals surface area contributed by atoms with Crippen LogP contribution in [0.4, 0.5) is 5.95 Å². The predicted molar refractivity (Wildman–Crippen MR) is 110 cm³/mol. The number of hydrogen-bond acceptors (Lipinski definition) is 7. The molecule has 0 saturated heterocycles. The molecule has 2 aromatic carbocycles. The molecule has 0 atom stereocenters. The van der Waals surface area contributed by atoms with Gasteiger partial charge in [0.2, 0.25) is 5.95 Å². The fourth-order valence-electron chi connectivity index (χ4n) is 3.30. The minimum absolute atomic E-state index is 0.154. The third-order valence-corrected chi connectivity index (χ3v) is 4.75. The monoisotopic (exact) mass is 394 g/mol. The second-order valence-electron chi connectivity index (χ2n) is 6.41. The number of hydrogen-bond donors (Lipinski definition) is 2. The van der Waals surface area contributed by atoms with Gasteiger partial charge in [0.15, 0.2) is 0 Å². The van der Waals surface area contributed by atoms with Crippen LogP contribution in [-0.4, -0.2) is 40.8 Å². The molecule has 2 heterocycles. The van der Waals surface area contributed by atoms with Gasteiger partial charge in [-0.25, -0.2) is 9.97 Å². The Morgan fingerprint density at radius 1 is 1.00 bits per heavy atom. The SMILES string of the molecule is COc1ccc(CNc2nc3c(OC)cccc3c3nc(CO)cn23)c(OC)c1. The quantitative estimate of drug-likeness (QED) is 0.498. The van der Waals surface area contributed by atoms with Crippen molar-refractivity contribution in [1.29, 1.82) is 0 Å². The van der Waals surface area contributed by atoms with Crippen molar-refractivity contribution in [2.45, 2.75) is 13.2 Å². The average molecular weight is 394 g/mol. The first-order valence-corrected chi connectivity index (χ1v) is 9.08. The van der Waals surface area contributed by atoms with Gasteiger partial charge in [-0.1, -0.05) is 6.07 Å². The molecular formula is C21H22N4O4. The largest absolute Gasteiger partial charge is 0.497 e. The van der Waals surface area contributed by atoms with Crippen LogP contribution in [0.1, 0.15) is 11.3 Å². The lowest BCUT2D eigenvalue weighted by molar-refractivity contribution is 0.277. The van der Waals surface area contributed by atoms with Gasteiger partial charge in [0.25, 0.3) is 0 Å². The molecule has 0 amide bonds. The Hall–Kier alpha value is -3.52. The summed E-state index contributed by atoms with van der Waals surface area (Å²) in [5.74, 6) is 2.68. The maximum Gasteiger partial charge on any atom is 0.209 e. The summed E-state index contributed by atoms with van der Waals surface area (Å²) in [6.07, 6.45) is 1.77. The fourth-order valence-corrected chi connectivity index (χ4v) is 3.30. The first-order valence-electron chi connectivity index (χ1n) is 9.08. The van der Waals surface area contributed by atoms with Crippen molar-refractivity contribution >= 4 is 22.5 Å². The van der Waals surface area contributed by atoms with E-state index in [-0.39, 0.29) is 6.61 Å². The Labute approximate surface area is 167 Å². The van der Waals surface area contributed by atoms with Gasteiger partial charge in [-0.05, 0) is 24.3 Å². The number of imidazole rings is 1. The molecule has 0 radical (unpaired) electrons. The molecule has 0 aliphatic carbocycles. The molecular weight excluding hydrogens is 372 g/mol. The maximum absolute atomic E-state index is 9.56. The minimum atomic E-state index is -0.154. The van der Waals surface area contributed by atoms with E-state index in [1.165, 1.54) is 0 Å². The molecule has 2 aromatic heterocycles. The summed E-state index contributed by atoms with van der Waals surface area (Å²) in [6.45, 7) is 0.321. The van der Waals surface area contributed by atoms with Gasteiger partial charge in [-0.2, -0.15) is 0 Å². The zero-order valence-corrected chi connectivity index (χ0v) is 16.5. The molecule has 0 aliphatic heterocycles. The number of fused-ring (bicyclic) bond motifs is 3. The van der Waals surface area contributed by atoms with E-state index in [1.807, 2.05) is 40.8 Å². The van der Waals surface area contributed by atoms with E-state index in [1.54, 1.807) is 27.5 Å². The van der Waals surface area contributed by atoms with E-state index < -0.39 is 0 Å². The van der Waals surface area contributed by atoms with Gasteiger partial charge < -0.3 is 24.6 Å². The lowest BCUT2D eigenvalue weighted by Crippen LogP contribution is -2.08. The summed E-state index contributed by atoms with van der Waals surface area (Å²) in [5.41, 5.74) is 2.90. The van der Waals surface area contributed by atoms with Gasteiger partial charge in [0, 0.05) is 29.8 Å². The number of methoxy groups -OCH3 is 3. The molecule has 4 rings (SSSR count). The number of rotatable bonds is 7. The van der Waals surface area contributed by atoms with Crippen LogP contribution in [0.3, 0.4) is 0 Å². The smallest absolute Gasteiger partial charge is 0.209 e. The van der Waals surface area contributed by atoms with Crippen LogP contribution in [0.15, 0.2) is 42.6 Å². The molecule has 0 fully saturated rings. The summed E-state index contributed by atoms with van der Waals surface area (Å²) in [4.78, 5) is 9.31. The average Bonchev–Trinajstić information content (AvgIpc) is 3.22. The highest BCUT2D eigenvalue weighted by Crippen LogP contribution is 2.30. The van der Waals surface area contributed by atoms with Crippen LogP contribution < -0.4 is 19.5 Å². The topological polar surface area (TPSA) is 90.1 Å². The summed E-state index contributed by atoms with van der Waals surface area (Å²) >= 11 is 0. The van der Waals surface area contributed by atoms with E-state index in [4.69, 9.17) is 19.2 Å². The highest BCUT2D eigenvalue weighted by atomic mass is 16.5. The van der Waals surface area contributed by atoms with E-state index in [9.17, 15) is 5.11 Å². The van der Waals surface area contributed by atoms with Crippen LogP contribution in [0.25, 0.3) is 16.6 Å². The number of nitrogens with zero attached hydrogens (tertiary/aromatic N) is 3. The molecule has 4 aromatic rings. The normalized spacial score (nSPS) is 11.0. The highest BCUT2D eigenvalue weighted by molar-refractivity contribution is 5.96. The molecule has 150 valence electrons. The van der Waals surface area contributed by atoms with Crippen molar-refractivity contribution < 1.29 is 19.3 Å². The minimum Gasteiger partial charge on any atom is -0.497 e. The number of nitrogens with one attached hydrogen (secondary N) is 1. The number of aliphatic hydroxyl groups is 1. The van der Waals surface area contributed by atoms with Crippen LogP contribution in [0.5, 0.6) is 17.2 Å². The number of anilines is 1. The second-order valence-corrected chi connectivity index (χ2v) is 6.41. The van der Waals surface area contributed by atoms with Crippen LogP contribution in [0, 0.1) is 0 Å².